The summed E-state index contributed by atoms with van der Waals surface area (Å²) in [5.41, 5.74) is 2.32. The molecule has 2 N–H and O–H groups in total. The molecule has 3 rings (SSSR count). The lowest BCUT2D eigenvalue weighted by atomic mass is 10.1. The number of hydrogen-bond donors (Lipinski definition) is 2. The third-order valence-corrected chi connectivity index (χ3v) is 3.68. The maximum Gasteiger partial charge on any atom is 0.243 e. The van der Waals surface area contributed by atoms with Crippen molar-refractivity contribution in [2.24, 2.45) is 0 Å². The summed E-state index contributed by atoms with van der Waals surface area (Å²) >= 11 is 0. The van der Waals surface area contributed by atoms with Gasteiger partial charge in [0.15, 0.2) is 0 Å². The van der Waals surface area contributed by atoms with Crippen molar-refractivity contribution >= 4 is 17.3 Å². The Morgan fingerprint density at radius 2 is 2.37 bits per heavy atom. The quantitative estimate of drug-likeness (QED) is 0.830. The Bertz CT molecular complexity index is 543. The van der Waals surface area contributed by atoms with Gasteiger partial charge in [-0.1, -0.05) is 0 Å². The van der Waals surface area contributed by atoms with Crippen molar-refractivity contribution in [1.29, 1.82) is 5.26 Å². The minimum atomic E-state index is -0.0133. The highest BCUT2D eigenvalue weighted by Crippen LogP contribution is 2.30. The van der Waals surface area contributed by atoms with Crippen LogP contribution in [0.15, 0.2) is 18.2 Å². The lowest BCUT2D eigenvalue weighted by Gasteiger charge is -2.32. The molecule has 1 atom stereocenters. The van der Waals surface area contributed by atoms with E-state index in [4.69, 9.17) is 5.26 Å². The van der Waals surface area contributed by atoms with Crippen LogP contribution in [0.25, 0.3) is 0 Å². The highest BCUT2D eigenvalue weighted by molar-refractivity contribution is 6.01. The zero-order valence-electron chi connectivity index (χ0n) is 10.6. The Morgan fingerprint density at radius 1 is 1.47 bits per heavy atom. The van der Waals surface area contributed by atoms with Crippen LogP contribution in [0.2, 0.25) is 0 Å². The first-order valence-corrected chi connectivity index (χ1v) is 6.58. The fourth-order valence-corrected chi connectivity index (χ4v) is 2.77. The number of carbonyl (C=O) groups is 1. The summed E-state index contributed by atoms with van der Waals surface area (Å²) in [5.74, 6) is -0.0133. The summed E-state index contributed by atoms with van der Waals surface area (Å²) in [5, 5.41) is 15.2. The zero-order chi connectivity index (χ0) is 13.2. The van der Waals surface area contributed by atoms with Gasteiger partial charge in [-0.25, -0.2) is 0 Å². The fraction of sp³-hybridized carbons (Fsp3) is 0.429. The van der Waals surface area contributed by atoms with Gasteiger partial charge in [-0.3, -0.25) is 4.79 Å². The number of nitriles is 1. The number of nitrogens with zero attached hydrogens (tertiary/aromatic N) is 2. The van der Waals surface area contributed by atoms with Crippen molar-refractivity contribution in [2.75, 3.05) is 29.9 Å². The number of carbonyl (C=O) groups excluding carboxylic acids is 1. The maximum absolute atomic E-state index is 11.8. The molecular weight excluding hydrogens is 240 g/mol. The van der Waals surface area contributed by atoms with Crippen LogP contribution in [0.5, 0.6) is 0 Å². The third kappa shape index (κ3) is 2.40. The standard InChI is InChI=1S/C14H16N4O/c15-7-10-3-4-13-12(6-10)17-14(19)9-18(13)8-11-2-1-5-16-11/h3-4,6,11,16H,1-2,5,8-9H2,(H,17,19). The van der Waals surface area contributed by atoms with Gasteiger partial charge in [-0.15, -0.1) is 0 Å². The molecule has 1 amide bonds. The van der Waals surface area contributed by atoms with Crippen LogP contribution in [0.1, 0.15) is 18.4 Å². The van der Waals surface area contributed by atoms with E-state index in [9.17, 15) is 4.79 Å². The Hall–Kier alpha value is -2.06. The average Bonchev–Trinajstić information content (AvgIpc) is 2.90. The molecule has 1 unspecified atom stereocenters. The number of benzene rings is 1. The molecule has 2 heterocycles. The molecule has 1 aromatic carbocycles. The first kappa shape index (κ1) is 12.0. The van der Waals surface area contributed by atoms with Crippen molar-refractivity contribution in [3.05, 3.63) is 23.8 Å². The fourth-order valence-electron chi connectivity index (χ4n) is 2.77. The molecule has 19 heavy (non-hydrogen) atoms. The number of nitrogens with one attached hydrogen (secondary N) is 2. The molecule has 0 aliphatic carbocycles. The van der Waals surface area contributed by atoms with Crippen LogP contribution in [0.4, 0.5) is 11.4 Å². The third-order valence-electron chi connectivity index (χ3n) is 3.68. The Kier molecular flexibility index (Phi) is 3.10. The van der Waals surface area contributed by atoms with Crippen LogP contribution in [0, 0.1) is 11.3 Å². The Balaban J connectivity index is 1.86. The van der Waals surface area contributed by atoms with Crippen molar-refractivity contribution in [3.8, 4) is 6.07 Å². The summed E-state index contributed by atoms with van der Waals surface area (Å²) < 4.78 is 0. The summed E-state index contributed by atoms with van der Waals surface area (Å²) in [4.78, 5) is 13.8. The van der Waals surface area contributed by atoms with Gasteiger partial charge in [-0.05, 0) is 37.6 Å². The largest absolute Gasteiger partial charge is 0.359 e. The molecule has 1 fully saturated rings. The summed E-state index contributed by atoms with van der Waals surface area (Å²) in [6.07, 6.45) is 2.36. The van der Waals surface area contributed by atoms with Gasteiger partial charge in [0.25, 0.3) is 0 Å². The van der Waals surface area contributed by atoms with E-state index in [0.29, 0.717) is 18.2 Å². The summed E-state index contributed by atoms with van der Waals surface area (Å²) in [6.45, 7) is 2.29. The van der Waals surface area contributed by atoms with E-state index in [1.807, 2.05) is 6.07 Å². The lowest BCUT2D eigenvalue weighted by molar-refractivity contribution is -0.115. The SMILES string of the molecule is N#Cc1ccc2c(c1)NC(=O)CN2CC1CCCN1. The number of amides is 1. The molecule has 0 bridgehead atoms. The van der Waals surface area contributed by atoms with E-state index in [1.54, 1.807) is 12.1 Å². The van der Waals surface area contributed by atoms with E-state index in [-0.39, 0.29) is 5.91 Å². The highest BCUT2D eigenvalue weighted by Gasteiger charge is 2.25. The Labute approximate surface area is 112 Å². The predicted octanol–water partition coefficient (Wildman–Crippen LogP) is 1.07. The second-order valence-electron chi connectivity index (χ2n) is 5.07. The molecule has 2 aliphatic rings. The molecule has 0 saturated carbocycles. The smallest absolute Gasteiger partial charge is 0.243 e. The van der Waals surface area contributed by atoms with Gasteiger partial charge in [0, 0.05) is 12.6 Å². The molecule has 0 spiro atoms. The van der Waals surface area contributed by atoms with E-state index < -0.39 is 0 Å². The van der Waals surface area contributed by atoms with Crippen LogP contribution in [0.3, 0.4) is 0 Å². The molecule has 1 aromatic rings. The second-order valence-corrected chi connectivity index (χ2v) is 5.07. The van der Waals surface area contributed by atoms with Gasteiger partial charge in [-0.2, -0.15) is 5.26 Å². The molecule has 2 aliphatic heterocycles. The van der Waals surface area contributed by atoms with Crippen LogP contribution in [-0.2, 0) is 4.79 Å². The van der Waals surface area contributed by atoms with E-state index in [0.717, 1.165) is 30.9 Å². The lowest BCUT2D eigenvalue weighted by Crippen LogP contribution is -2.44. The maximum atomic E-state index is 11.8. The number of rotatable bonds is 2. The first-order chi connectivity index (χ1) is 9.26. The van der Waals surface area contributed by atoms with Crippen LogP contribution in [-0.4, -0.2) is 31.6 Å². The van der Waals surface area contributed by atoms with Crippen LogP contribution < -0.4 is 15.5 Å². The number of hydrogen-bond acceptors (Lipinski definition) is 4. The normalized spacial score (nSPS) is 21.7. The molecular formula is C14H16N4O. The molecule has 0 radical (unpaired) electrons. The Morgan fingerprint density at radius 3 is 3.11 bits per heavy atom. The number of fused-ring (bicyclic) bond motifs is 1. The van der Waals surface area contributed by atoms with Gasteiger partial charge < -0.3 is 15.5 Å². The van der Waals surface area contributed by atoms with Gasteiger partial charge in [0.2, 0.25) is 5.91 Å². The first-order valence-electron chi connectivity index (χ1n) is 6.58. The molecule has 0 aromatic heterocycles. The minimum absolute atomic E-state index is 0.0133. The second kappa shape index (κ2) is 4.90. The summed E-state index contributed by atoms with van der Waals surface area (Å²) in [7, 11) is 0. The molecule has 5 heteroatoms. The van der Waals surface area contributed by atoms with E-state index >= 15 is 0 Å². The molecule has 5 nitrogen and oxygen atoms in total. The molecule has 98 valence electrons. The average molecular weight is 256 g/mol. The molecule has 1 saturated heterocycles. The monoisotopic (exact) mass is 256 g/mol. The van der Waals surface area contributed by atoms with Crippen molar-refractivity contribution in [2.45, 2.75) is 18.9 Å². The van der Waals surface area contributed by atoms with Crippen molar-refractivity contribution in [3.63, 3.8) is 0 Å². The minimum Gasteiger partial charge on any atom is -0.359 e. The topological polar surface area (TPSA) is 68.2 Å². The summed E-state index contributed by atoms with van der Waals surface area (Å²) in [6, 6.07) is 8.00. The van der Waals surface area contributed by atoms with Crippen molar-refractivity contribution in [1.82, 2.24) is 5.32 Å². The van der Waals surface area contributed by atoms with Gasteiger partial charge >= 0.3 is 0 Å². The van der Waals surface area contributed by atoms with Gasteiger partial charge in [0.1, 0.15) is 0 Å². The number of anilines is 2. The van der Waals surface area contributed by atoms with Crippen molar-refractivity contribution < 1.29 is 4.79 Å². The highest BCUT2D eigenvalue weighted by atomic mass is 16.2. The van der Waals surface area contributed by atoms with E-state index in [1.165, 1.54) is 6.42 Å². The van der Waals surface area contributed by atoms with Crippen LogP contribution >= 0.6 is 0 Å². The predicted molar refractivity (Wildman–Crippen MR) is 73.0 cm³/mol. The zero-order valence-corrected chi connectivity index (χ0v) is 10.6. The van der Waals surface area contributed by atoms with E-state index in [2.05, 4.69) is 21.6 Å². The van der Waals surface area contributed by atoms with Gasteiger partial charge in [0.05, 0.1) is 29.6 Å².